The van der Waals surface area contributed by atoms with Gasteiger partial charge in [0, 0.05) is 18.2 Å². The average molecular weight is 331 g/mol. The summed E-state index contributed by atoms with van der Waals surface area (Å²) in [6.45, 7) is 5.05. The molecule has 0 radical (unpaired) electrons. The van der Waals surface area contributed by atoms with Crippen molar-refractivity contribution < 1.29 is 19.4 Å². The molecule has 0 unspecified atom stereocenters. The van der Waals surface area contributed by atoms with Crippen molar-refractivity contribution in [3.05, 3.63) is 33.8 Å². The van der Waals surface area contributed by atoms with Gasteiger partial charge >= 0.3 is 5.97 Å². The molecule has 4 nitrogen and oxygen atoms in total. The van der Waals surface area contributed by atoms with E-state index < -0.39 is 5.97 Å². The predicted octanol–water partition coefficient (Wildman–Crippen LogP) is 3.48. The quantitative estimate of drug-likeness (QED) is 0.777. The second-order valence-corrected chi connectivity index (χ2v) is 5.73. The first-order valence-electron chi connectivity index (χ1n) is 6.00. The molecule has 0 saturated carbocycles. The number of ether oxygens (including phenoxy) is 2. The second kappa shape index (κ2) is 7.03. The van der Waals surface area contributed by atoms with Gasteiger partial charge < -0.3 is 14.6 Å². The highest BCUT2D eigenvalue weighted by atomic mass is 79.9. The van der Waals surface area contributed by atoms with Crippen LogP contribution in [0.2, 0.25) is 0 Å². The first-order chi connectivity index (χ1) is 8.85. The van der Waals surface area contributed by atoms with Gasteiger partial charge in [-0.1, -0.05) is 22.0 Å². The molecule has 0 fully saturated rings. The highest BCUT2D eigenvalue weighted by Crippen LogP contribution is 2.20. The van der Waals surface area contributed by atoms with Crippen molar-refractivity contribution in [2.75, 3.05) is 13.7 Å². The van der Waals surface area contributed by atoms with Crippen LogP contribution in [0.15, 0.2) is 22.7 Å². The van der Waals surface area contributed by atoms with Crippen molar-refractivity contribution in [3.8, 4) is 0 Å². The molecule has 19 heavy (non-hydrogen) atoms. The van der Waals surface area contributed by atoms with Crippen LogP contribution in [0.1, 0.15) is 36.2 Å². The van der Waals surface area contributed by atoms with Crippen LogP contribution in [0, 0.1) is 0 Å². The largest absolute Gasteiger partial charge is 0.478 e. The molecule has 0 aliphatic carbocycles. The van der Waals surface area contributed by atoms with Gasteiger partial charge in [0.2, 0.25) is 0 Å². The Labute approximate surface area is 121 Å². The Bertz CT molecular complexity index is 443. The third kappa shape index (κ3) is 5.30. The standard InChI is InChI=1S/C14H19BrO4/c1-14(2,18-3)6-7-19-9-11-5-4-10(13(16)17)8-12(11)15/h4-5,8H,6-7,9H2,1-3H3,(H,16,17). The molecular weight excluding hydrogens is 312 g/mol. The first-order valence-corrected chi connectivity index (χ1v) is 6.79. The number of carbonyl (C=O) groups is 1. The van der Waals surface area contributed by atoms with E-state index in [4.69, 9.17) is 14.6 Å². The van der Waals surface area contributed by atoms with Gasteiger partial charge in [0.15, 0.2) is 0 Å². The second-order valence-electron chi connectivity index (χ2n) is 4.88. The lowest BCUT2D eigenvalue weighted by Gasteiger charge is -2.22. The number of rotatable bonds is 7. The van der Waals surface area contributed by atoms with Crippen LogP contribution in [0.5, 0.6) is 0 Å². The number of carboxylic acids is 1. The zero-order chi connectivity index (χ0) is 14.5. The molecule has 0 heterocycles. The molecule has 1 aromatic rings. The summed E-state index contributed by atoms with van der Waals surface area (Å²) < 4.78 is 11.6. The van der Waals surface area contributed by atoms with Gasteiger partial charge in [-0.2, -0.15) is 0 Å². The zero-order valence-corrected chi connectivity index (χ0v) is 13.0. The van der Waals surface area contributed by atoms with E-state index in [-0.39, 0.29) is 11.2 Å². The Balaban J connectivity index is 2.48. The van der Waals surface area contributed by atoms with Gasteiger partial charge in [0.25, 0.3) is 0 Å². The van der Waals surface area contributed by atoms with E-state index in [1.165, 1.54) is 0 Å². The minimum absolute atomic E-state index is 0.190. The number of benzene rings is 1. The van der Waals surface area contributed by atoms with Crippen LogP contribution in [-0.4, -0.2) is 30.4 Å². The Morgan fingerprint density at radius 2 is 2.11 bits per heavy atom. The third-order valence-corrected chi connectivity index (χ3v) is 3.70. The molecule has 0 aromatic heterocycles. The molecule has 0 aliphatic rings. The predicted molar refractivity (Wildman–Crippen MR) is 76.5 cm³/mol. The van der Waals surface area contributed by atoms with E-state index in [0.29, 0.717) is 13.2 Å². The maximum absolute atomic E-state index is 10.8. The maximum Gasteiger partial charge on any atom is 0.335 e. The summed E-state index contributed by atoms with van der Waals surface area (Å²) in [5.41, 5.74) is 1.00. The van der Waals surface area contributed by atoms with Crippen LogP contribution in [0.4, 0.5) is 0 Å². The number of methoxy groups -OCH3 is 1. The van der Waals surface area contributed by atoms with E-state index in [1.807, 2.05) is 13.8 Å². The molecular formula is C14H19BrO4. The molecule has 0 aliphatic heterocycles. The molecule has 0 saturated heterocycles. The van der Waals surface area contributed by atoms with Crippen LogP contribution < -0.4 is 0 Å². The molecule has 1 aromatic carbocycles. The Morgan fingerprint density at radius 1 is 1.42 bits per heavy atom. The number of carboxylic acid groups (broad SMARTS) is 1. The fourth-order valence-corrected chi connectivity index (χ4v) is 1.89. The van der Waals surface area contributed by atoms with E-state index in [1.54, 1.807) is 25.3 Å². The van der Waals surface area contributed by atoms with Gasteiger partial charge in [-0.15, -0.1) is 0 Å². The first kappa shape index (κ1) is 16.1. The smallest absolute Gasteiger partial charge is 0.335 e. The van der Waals surface area contributed by atoms with Crippen molar-refractivity contribution >= 4 is 21.9 Å². The summed E-state index contributed by atoms with van der Waals surface area (Å²) in [4.78, 5) is 10.8. The number of hydrogen-bond donors (Lipinski definition) is 1. The summed E-state index contributed by atoms with van der Waals surface area (Å²) in [6, 6.07) is 4.92. The van der Waals surface area contributed by atoms with E-state index in [2.05, 4.69) is 15.9 Å². The number of halogens is 1. The lowest BCUT2D eigenvalue weighted by molar-refractivity contribution is -0.0125. The van der Waals surface area contributed by atoms with Crippen molar-refractivity contribution in [2.45, 2.75) is 32.5 Å². The lowest BCUT2D eigenvalue weighted by Crippen LogP contribution is -2.24. The highest BCUT2D eigenvalue weighted by molar-refractivity contribution is 9.10. The van der Waals surface area contributed by atoms with Crippen molar-refractivity contribution in [1.29, 1.82) is 0 Å². The molecule has 0 bridgehead atoms. The highest BCUT2D eigenvalue weighted by Gasteiger charge is 2.15. The SMILES string of the molecule is COC(C)(C)CCOCc1ccc(C(=O)O)cc1Br. The van der Waals surface area contributed by atoms with Crippen LogP contribution in [-0.2, 0) is 16.1 Å². The summed E-state index contributed by atoms with van der Waals surface area (Å²) in [7, 11) is 1.68. The minimum Gasteiger partial charge on any atom is -0.478 e. The number of aromatic carboxylic acids is 1. The minimum atomic E-state index is -0.935. The van der Waals surface area contributed by atoms with E-state index >= 15 is 0 Å². The van der Waals surface area contributed by atoms with Gasteiger partial charge in [0.05, 0.1) is 17.8 Å². The molecule has 0 atom stereocenters. The molecule has 0 amide bonds. The Morgan fingerprint density at radius 3 is 2.63 bits per heavy atom. The fraction of sp³-hybridized carbons (Fsp3) is 0.500. The van der Waals surface area contributed by atoms with Crippen molar-refractivity contribution in [2.24, 2.45) is 0 Å². The molecule has 0 spiro atoms. The number of hydrogen-bond acceptors (Lipinski definition) is 3. The van der Waals surface area contributed by atoms with Crippen LogP contribution in [0.3, 0.4) is 0 Å². The molecule has 1 N–H and O–H groups in total. The zero-order valence-electron chi connectivity index (χ0n) is 11.4. The summed E-state index contributed by atoms with van der Waals surface area (Å²) >= 11 is 3.35. The van der Waals surface area contributed by atoms with Gasteiger partial charge in [-0.3, -0.25) is 0 Å². The van der Waals surface area contributed by atoms with Crippen molar-refractivity contribution in [1.82, 2.24) is 0 Å². The van der Waals surface area contributed by atoms with E-state index in [0.717, 1.165) is 16.5 Å². The van der Waals surface area contributed by atoms with Gasteiger partial charge in [-0.25, -0.2) is 4.79 Å². The van der Waals surface area contributed by atoms with E-state index in [9.17, 15) is 4.79 Å². The van der Waals surface area contributed by atoms with Gasteiger partial charge in [-0.05, 0) is 38.0 Å². The van der Waals surface area contributed by atoms with Crippen LogP contribution >= 0.6 is 15.9 Å². The molecule has 1 rings (SSSR count). The Hall–Kier alpha value is -0.910. The fourth-order valence-electron chi connectivity index (χ4n) is 1.40. The lowest BCUT2D eigenvalue weighted by atomic mass is 10.1. The summed E-state index contributed by atoms with van der Waals surface area (Å²) in [6.07, 6.45) is 0.800. The van der Waals surface area contributed by atoms with Crippen LogP contribution in [0.25, 0.3) is 0 Å². The normalized spacial score (nSPS) is 11.6. The summed E-state index contributed by atoms with van der Waals surface area (Å²) in [5, 5.41) is 8.86. The van der Waals surface area contributed by atoms with Crippen molar-refractivity contribution in [3.63, 3.8) is 0 Å². The van der Waals surface area contributed by atoms with Gasteiger partial charge in [0.1, 0.15) is 0 Å². The summed E-state index contributed by atoms with van der Waals surface area (Å²) in [5.74, 6) is -0.935. The Kier molecular flexibility index (Phi) is 5.97. The molecule has 5 heteroatoms. The monoisotopic (exact) mass is 330 g/mol. The average Bonchev–Trinajstić information content (AvgIpc) is 2.36. The third-order valence-electron chi connectivity index (χ3n) is 2.96. The molecule has 106 valence electrons. The topological polar surface area (TPSA) is 55.8 Å². The maximum atomic E-state index is 10.8.